The van der Waals surface area contributed by atoms with Crippen LogP contribution in [0.15, 0.2) is 85.5 Å². The summed E-state index contributed by atoms with van der Waals surface area (Å²) in [5.74, 6) is 1.11. The Morgan fingerprint density at radius 3 is 1.27 bits per heavy atom. The van der Waals surface area contributed by atoms with Crippen molar-refractivity contribution in [3.8, 4) is 0 Å². The van der Waals surface area contributed by atoms with Crippen LogP contribution in [0.2, 0.25) is 0 Å². The van der Waals surface area contributed by atoms with Crippen molar-refractivity contribution in [2.24, 2.45) is 0 Å². The van der Waals surface area contributed by atoms with Crippen molar-refractivity contribution in [1.82, 2.24) is 19.9 Å². The van der Waals surface area contributed by atoms with Gasteiger partial charge in [0.2, 0.25) is 0 Å². The van der Waals surface area contributed by atoms with Crippen LogP contribution in [0, 0.1) is 13.8 Å². The van der Waals surface area contributed by atoms with Crippen LogP contribution >= 0.6 is 0 Å². The second kappa shape index (κ2) is 7.79. The third kappa shape index (κ3) is 3.28. The fourth-order valence-corrected chi connectivity index (χ4v) is 4.98. The van der Waals surface area contributed by atoms with Crippen molar-refractivity contribution in [3.05, 3.63) is 119 Å². The topological polar surface area (TPSA) is 51.6 Å². The molecule has 1 aliphatic carbocycles. The maximum atomic E-state index is 4.71. The van der Waals surface area contributed by atoms with E-state index in [1.165, 1.54) is 11.1 Å². The van der Waals surface area contributed by atoms with E-state index in [0.29, 0.717) is 11.8 Å². The van der Waals surface area contributed by atoms with Crippen molar-refractivity contribution >= 4 is 0 Å². The Hall–Kier alpha value is -3.40. The average Bonchev–Trinajstić information content (AvgIpc) is 2.75. The number of rotatable bonds is 4. The molecule has 1 fully saturated rings. The molecular weight excluding hydrogens is 368 g/mol. The largest absolute Gasteiger partial charge is 0.242 e. The van der Waals surface area contributed by atoms with Crippen LogP contribution in [-0.4, -0.2) is 19.9 Å². The predicted molar refractivity (Wildman–Crippen MR) is 117 cm³/mol. The van der Waals surface area contributed by atoms with E-state index in [0.717, 1.165) is 22.8 Å². The minimum absolute atomic E-state index is 0.261. The zero-order valence-electron chi connectivity index (χ0n) is 17.2. The van der Waals surface area contributed by atoms with E-state index < -0.39 is 0 Å². The highest BCUT2D eigenvalue weighted by Gasteiger charge is 2.54. The fraction of sp³-hybridized carbons (Fsp3) is 0.231. The third-order valence-corrected chi connectivity index (χ3v) is 6.25. The number of benzene rings is 2. The molecule has 2 heterocycles. The molecule has 0 amide bonds. The van der Waals surface area contributed by atoms with Crippen LogP contribution in [0.5, 0.6) is 0 Å². The molecule has 5 rings (SSSR count). The van der Waals surface area contributed by atoms with Crippen LogP contribution < -0.4 is 0 Å². The molecule has 0 unspecified atom stereocenters. The van der Waals surface area contributed by atoms with Gasteiger partial charge >= 0.3 is 0 Å². The predicted octanol–water partition coefficient (Wildman–Crippen LogP) is 5.33. The maximum Gasteiger partial charge on any atom is 0.115 e. The van der Waals surface area contributed by atoms with Gasteiger partial charge in [0.15, 0.2) is 0 Å². The molecule has 2 aromatic heterocycles. The minimum Gasteiger partial charge on any atom is -0.242 e. The van der Waals surface area contributed by atoms with Crippen LogP contribution in [0.1, 0.15) is 57.6 Å². The summed E-state index contributed by atoms with van der Waals surface area (Å²) in [5, 5.41) is 0. The molecule has 0 saturated heterocycles. The summed E-state index contributed by atoms with van der Waals surface area (Å²) in [6.45, 7) is 4.06. The van der Waals surface area contributed by atoms with E-state index in [4.69, 9.17) is 9.97 Å². The van der Waals surface area contributed by atoms with E-state index in [2.05, 4.69) is 82.8 Å². The molecule has 0 radical (unpaired) electrons. The number of nitrogens with zero attached hydrogens (tertiary/aromatic N) is 4. The highest BCUT2D eigenvalue weighted by atomic mass is 14.9. The van der Waals surface area contributed by atoms with E-state index in [1.807, 2.05) is 13.8 Å². The second-order valence-corrected chi connectivity index (χ2v) is 8.09. The SMILES string of the molecule is Cc1cc([C@H]2[C@H](c3ccccc3)[C@H](c3cc(C)ncn3)[C@H]2c2ccccc2)ncn1. The van der Waals surface area contributed by atoms with Gasteiger partial charge in [-0.05, 0) is 37.1 Å². The highest BCUT2D eigenvalue weighted by molar-refractivity contribution is 5.45. The number of aromatic nitrogens is 4. The lowest BCUT2D eigenvalue weighted by molar-refractivity contribution is 0.219. The van der Waals surface area contributed by atoms with Gasteiger partial charge < -0.3 is 0 Å². The van der Waals surface area contributed by atoms with Gasteiger partial charge in [-0.3, -0.25) is 0 Å². The van der Waals surface area contributed by atoms with E-state index in [9.17, 15) is 0 Å². The van der Waals surface area contributed by atoms with Crippen LogP contribution in [-0.2, 0) is 0 Å². The molecular formula is C26H24N4. The van der Waals surface area contributed by atoms with Crippen molar-refractivity contribution in [3.63, 3.8) is 0 Å². The smallest absolute Gasteiger partial charge is 0.115 e. The standard InChI is InChI=1S/C26H24N4/c1-17-13-21(29-15-27-17)25-23(19-9-5-3-6-10-19)26(22-14-18(2)28-16-30-22)24(25)20-11-7-4-8-12-20/h3-16,23-26H,1-2H3/t23-,24-,25-,26-. The molecule has 0 aliphatic heterocycles. The summed E-state index contributed by atoms with van der Waals surface area (Å²) in [4.78, 5) is 18.1. The molecule has 4 aromatic rings. The zero-order valence-corrected chi connectivity index (χ0v) is 17.2. The minimum atomic E-state index is 0.261. The van der Waals surface area contributed by atoms with Gasteiger partial charge in [0.25, 0.3) is 0 Å². The van der Waals surface area contributed by atoms with Gasteiger partial charge in [-0.15, -0.1) is 0 Å². The Labute approximate surface area is 177 Å². The lowest BCUT2D eigenvalue weighted by Crippen LogP contribution is -2.41. The van der Waals surface area contributed by atoms with Gasteiger partial charge in [-0.25, -0.2) is 19.9 Å². The van der Waals surface area contributed by atoms with Gasteiger partial charge in [-0.1, -0.05) is 60.7 Å². The molecule has 148 valence electrons. The lowest BCUT2D eigenvalue weighted by atomic mass is 9.50. The summed E-state index contributed by atoms with van der Waals surface area (Å²) in [5.41, 5.74) is 6.86. The Morgan fingerprint density at radius 1 is 0.500 bits per heavy atom. The third-order valence-electron chi connectivity index (χ3n) is 6.25. The quantitative estimate of drug-likeness (QED) is 0.471. The molecule has 1 saturated carbocycles. The first-order valence-electron chi connectivity index (χ1n) is 10.4. The Bertz CT molecular complexity index is 1040. The fourth-order valence-electron chi connectivity index (χ4n) is 4.98. The molecule has 1 aliphatic rings. The van der Waals surface area contributed by atoms with E-state index in [-0.39, 0.29) is 11.8 Å². The van der Waals surface area contributed by atoms with Gasteiger partial charge in [0.1, 0.15) is 12.7 Å². The normalized spacial score (nSPS) is 23.0. The Balaban J connectivity index is 1.69. The summed E-state index contributed by atoms with van der Waals surface area (Å²) in [7, 11) is 0. The molecule has 2 aromatic carbocycles. The molecule has 30 heavy (non-hydrogen) atoms. The number of hydrogen-bond acceptors (Lipinski definition) is 4. The van der Waals surface area contributed by atoms with E-state index >= 15 is 0 Å². The summed E-state index contributed by atoms with van der Waals surface area (Å²) >= 11 is 0. The summed E-state index contributed by atoms with van der Waals surface area (Å²) < 4.78 is 0. The molecule has 0 atom stereocenters. The van der Waals surface area contributed by atoms with Crippen LogP contribution in [0.25, 0.3) is 0 Å². The van der Waals surface area contributed by atoms with Gasteiger partial charge in [-0.2, -0.15) is 0 Å². The van der Waals surface area contributed by atoms with E-state index in [1.54, 1.807) is 12.7 Å². The monoisotopic (exact) mass is 392 g/mol. The number of hydrogen-bond donors (Lipinski definition) is 0. The molecule has 0 spiro atoms. The first-order chi connectivity index (χ1) is 14.7. The van der Waals surface area contributed by atoms with Crippen molar-refractivity contribution < 1.29 is 0 Å². The maximum absolute atomic E-state index is 4.71. The summed E-state index contributed by atoms with van der Waals surface area (Å²) in [6, 6.07) is 25.8. The first kappa shape index (κ1) is 18.6. The molecule has 4 heteroatoms. The van der Waals surface area contributed by atoms with Crippen molar-refractivity contribution in [1.29, 1.82) is 0 Å². The average molecular weight is 393 g/mol. The van der Waals surface area contributed by atoms with Crippen molar-refractivity contribution in [2.45, 2.75) is 37.5 Å². The summed E-state index contributed by atoms with van der Waals surface area (Å²) in [6.07, 6.45) is 3.38. The van der Waals surface area contributed by atoms with Crippen LogP contribution in [0.3, 0.4) is 0 Å². The molecule has 4 nitrogen and oxygen atoms in total. The van der Waals surface area contributed by atoms with Crippen LogP contribution in [0.4, 0.5) is 0 Å². The Morgan fingerprint density at radius 2 is 0.900 bits per heavy atom. The lowest BCUT2D eigenvalue weighted by Gasteiger charge is -2.52. The van der Waals surface area contributed by atoms with Crippen molar-refractivity contribution in [2.75, 3.05) is 0 Å². The zero-order chi connectivity index (χ0) is 20.5. The Kier molecular flexibility index (Phi) is 4.83. The first-order valence-corrected chi connectivity index (χ1v) is 10.4. The van der Waals surface area contributed by atoms with Gasteiger partial charge in [0, 0.05) is 46.4 Å². The molecule has 0 N–H and O–H groups in total. The highest BCUT2D eigenvalue weighted by Crippen LogP contribution is 2.65. The van der Waals surface area contributed by atoms with Gasteiger partial charge in [0.05, 0.1) is 0 Å². The molecule has 0 bridgehead atoms. The number of aryl methyl sites for hydroxylation is 2. The second-order valence-electron chi connectivity index (χ2n) is 8.09.